The summed E-state index contributed by atoms with van der Waals surface area (Å²) >= 11 is 0. The lowest BCUT2D eigenvalue weighted by Gasteiger charge is -2.28. The number of nitro benzene ring substituents is 1. The van der Waals surface area contributed by atoms with E-state index in [1.165, 1.54) is 29.2 Å². The maximum absolute atomic E-state index is 13.2. The van der Waals surface area contributed by atoms with Crippen molar-refractivity contribution in [3.05, 3.63) is 74.8 Å². The highest BCUT2D eigenvalue weighted by atomic mass is 16.6. The number of ether oxygens (including phenoxy) is 1. The van der Waals surface area contributed by atoms with E-state index in [1.807, 2.05) is 20.8 Å². The molecule has 198 valence electrons. The Labute approximate surface area is 217 Å². The van der Waals surface area contributed by atoms with Gasteiger partial charge in [0.05, 0.1) is 23.1 Å². The van der Waals surface area contributed by atoms with Gasteiger partial charge >= 0.3 is 0 Å². The maximum Gasteiger partial charge on any atom is 0.295 e. The minimum Gasteiger partial charge on any atom is -0.507 e. The lowest BCUT2D eigenvalue weighted by Crippen LogP contribution is -2.38. The molecule has 1 aliphatic rings. The zero-order chi connectivity index (χ0) is 27.1. The fourth-order valence-corrected chi connectivity index (χ4v) is 4.47. The zero-order valence-corrected chi connectivity index (χ0v) is 21.9. The molecule has 0 aromatic heterocycles. The second kappa shape index (κ2) is 12.5. The van der Waals surface area contributed by atoms with E-state index in [9.17, 15) is 24.8 Å². The van der Waals surface area contributed by atoms with Crippen LogP contribution in [0.4, 0.5) is 5.69 Å². The molecule has 0 aliphatic carbocycles. The van der Waals surface area contributed by atoms with Crippen LogP contribution in [0.25, 0.3) is 5.76 Å². The molecule has 2 aromatic rings. The van der Waals surface area contributed by atoms with E-state index < -0.39 is 22.7 Å². The van der Waals surface area contributed by atoms with Crippen molar-refractivity contribution in [2.75, 3.05) is 32.8 Å². The average Bonchev–Trinajstić information content (AvgIpc) is 3.15. The fourth-order valence-electron chi connectivity index (χ4n) is 4.47. The molecule has 1 N–H and O–H groups in total. The highest BCUT2D eigenvalue weighted by molar-refractivity contribution is 6.46. The van der Waals surface area contributed by atoms with Crippen LogP contribution in [0, 0.1) is 17.0 Å². The third-order valence-corrected chi connectivity index (χ3v) is 6.71. The third kappa shape index (κ3) is 6.17. The van der Waals surface area contributed by atoms with Gasteiger partial charge in [-0.1, -0.05) is 27.2 Å². The van der Waals surface area contributed by atoms with Crippen molar-refractivity contribution < 1.29 is 24.4 Å². The number of nitro groups is 1. The number of benzene rings is 2. The zero-order valence-electron chi connectivity index (χ0n) is 21.9. The standard InChI is InChI=1S/C28H35N3O6/c1-5-8-17-37-23-14-11-21(18-19(23)4)26(32)24-25(20-9-12-22(13-10-20)31(35)36)30(28(34)27(24)33)16-15-29(6-2)7-3/h9-14,18,25,32H,5-8,15-17H2,1-4H3. The van der Waals surface area contributed by atoms with Crippen LogP contribution in [0.2, 0.25) is 0 Å². The van der Waals surface area contributed by atoms with Gasteiger partial charge in [0, 0.05) is 30.8 Å². The molecule has 1 aliphatic heterocycles. The number of likely N-dealkylation sites (N-methyl/N-ethyl adjacent to an activating group) is 1. The summed E-state index contributed by atoms with van der Waals surface area (Å²) in [5.74, 6) is -1.07. The number of hydrogen-bond donors (Lipinski definition) is 1. The lowest BCUT2D eigenvalue weighted by molar-refractivity contribution is -0.384. The first kappa shape index (κ1) is 27.9. The Kier molecular flexibility index (Phi) is 9.41. The normalized spacial score (nSPS) is 17.0. The van der Waals surface area contributed by atoms with E-state index in [4.69, 9.17) is 4.74 Å². The van der Waals surface area contributed by atoms with E-state index >= 15 is 0 Å². The highest BCUT2D eigenvalue weighted by Crippen LogP contribution is 2.40. The van der Waals surface area contributed by atoms with Gasteiger partial charge in [0.25, 0.3) is 17.4 Å². The molecule has 1 fully saturated rings. The average molecular weight is 510 g/mol. The third-order valence-electron chi connectivity index (χ3n) is 6.71. The maximum atomic E-state index is 13.2. The Morgan fingerprint density at radius 1 is 1.11 bits per heavy atom. The summed E-state index contributed by atoms with van der Waals surface area (Å²) in [5, 5.41) is 22.5. The molecule has 1 amide bonds. The topological polar surface area (TPSA) is 113 Å². The Hall–Kier alpha value is -3.72. The van der Waals surface area contributed by atoms with Crippen molar-refractivity contribution in [1.29, 1.82) is 0 Å². The number of amides is 1. The molecule has 9 heteroatoms. The predicted octanol–water partition coefficient (Wildman–Crippen LogP) is 4.85. The Morgan fingerprint density at radius 3 is 2.35 bits per heavy atom. The Bertz CT molecular complexity index is 1170. The number of nitrogens with zero attached hydrogens (tertiary/aromatic N) is 3. The molecule has 9 nitrogen and oxygen atoms in total. The number of aryl methyl sites for hydroxylation is 1. The Balaban J connectivity index is 2.06. The highest BCUT2D eigenvalue weighted by Gasteiger charge is 2.46. The summed E-state index contributed by atoms with van der Waals surface area (Å²) < 4.78 is 5.80. The van der Waals surface area contributed by atoms with Crippen LogP contribution in [0.1, 0.15) is 56.3 Å². The number of rotatable bonds is 12. The monoisotopic (exact) mass is 509 g/mol. The van der Waals surface area contributed by atoms with Crippen molar-refractivity contribution in [3.63, 3.8) is 0 Å². The second-order valence-corrected chi connectivity index (χ2v) is 9.05. The first-order valence-corrected chi connectivity index (χ1v) is 12.7. The number of Topliss-reactive ketones (excluding diaryl/α,β-unsaturated/α-hetero) is 1. The Morgan fingerprint density at radius 2 is 1.78 bits per heavy atom. The summed E-state index contributed by atoms with van der Waals surface area (Å²) in [6.07, 6.45) is 1.93. The van der Waals surface area contributed by atoms with Crippen LogP contribution in [0.3, 0.4) is 0 Å². The van der Waals surface area contributed by atoms with Crippen LogP contribution < -0.4 is 4.74 Å². The number of unbranched alkanes of at least 4 members (excludes halogenated alkanes) is 1. The molecular formula is C28H35N3O6. The number of aliphatic hydroxyl groups excluding tert-OH is 1. The number of aliphatic hydroxyl groups is 1. The lowest BCUT2D eigenvalue weighted by atomic mass is 9.94. The van der Waals surface area contributed by atoms with Crippen LogP contribution >= 0.6 is 0 Å². The van der Waals surface area contributed by atoms with Gasteiger partial charge in [0.2, 0.25) is 0 Å². The van der Waals surface area contributed by atoms with E-state index in [-0.39, 0.29) is 23.6 Å². The van der Waals surface area contributed by atoms with E-state index in [0.717, 1.165) is 31.5 Å². The van der Waals surface area contributed by atoms with Gasteiger partial charge in [-0.2, -0.15) is 0 Å². The molecule has 37 heavy (non-hydrogen) atoms. The molecule has 0 radical (unpaired) electrons. The van der Waals surface area contributed by atoms with Gasteiger partial charge in [-0.25, -0.2) is 0 Å². The summed E-state index contributed by atoms with van der Waals surface area (Å²) in [4.78, 5) is 40.6. The summed E-state index contributed by atoms with van der Waals surface area (Å²) in [6, 6.07) is 10.0. The number of non-ortho nitro benzene ring substituents is 1. The summed E-state index contributed by atoms with van der Waals surface area (Å²) in [7, 11) is 0. The number of carbonyl (C=O) groups excluding carboxylic acids is 2. The van der Waals surface area contributed by atoms with Gasteiger partial charge in [-0.05, 0) is 67.9 Å². The van der Waals surface area contributed by atoms with Crippen molar-refractivity contribution in [2.24, 2.45) is 0 Å². The minimum absolute atomic E-state index is 0.0301. The van der Waals surface area contributed by atoms with Gasteiger partial charge in [-0.3, -0.25) is 19.7 Å². The molecule has 1 saturated heterocycles. The van der Waals surface area contributed by atoms with Gasteiger partial charge in [0.1, 0.15) is 11.5 Å². The molecule has 1 unspecified atom stereocenters. The summed E-state index contributed by atoms with van der Waals surface area (Å²) in [5.41, 5.74) is 1.58. The van der Waals surface area contributed by atoms with Crippen molar-refractivity contribution in [2.45, 2.75) is 46.6 Å². The van der Waals surface area contributed by atoms with Crippen LogP contribution in [-0.4, -0.2) is 64.3 Å². The van der Waals surface area contributed by atoms with Crippen LogP contribution in [0.5, 0.6) is 5.75 Å². The molecule has 0 bridgehead atoms. The second-order valence-electron chi connectivity index (χ2n) is 9.05. The van der Waals surface area contributed by atoms with Gasteiger partial charge < -0.3 is 19.6 Å². The van der Waals surface area contributed by atoms with Crippen molar-refractivity contribution in [3.8, 4) is 5.75 Å². The van der Waals surface area contributed by atoms with E-state index in [1.54, 1.807) is 18.2 Å². The SMILES string of the molecule is CCCCOc1ccc(C(O)=C2C(=O)C(=O)N(CCN(CC)CC)C2c2ccc([N+](=O)[O-])cc2)cc1C. The number of likely N-dealkylation sites (tertiary alicyclic amines) is 1. The number of carbonyl (C=O) groups is 2. The quantitative estimate of drug-likeness (QED) is 0.109. The molecule has 2 aromatic carbocycles. The first-order valence-electron chi connectivity index (χ1n) is 12.7. The molecule has 1 heterocycles. The van der Waals surface area contributed by atoms with Gasteiger partial charge in [0.15, 0.2) is 0 Å². The molecule has 0 spiro atoms. The largest absolute Gasteiger partial charge is 0.507 e. The number of hydrogen-bond acceptors (Lipinski definition) is 7. The molecule has 0 saturated carbocycles. The van der Waals surface area contributed by atoms with Gasteiger partial charge in [-0.15, -0.1) is 0 Å². The fraction of sp³-hybridized carbons (Fsp3) is 0.429. The van der Waals surface area contributed by atoms with E-state index in [0.29, 0.717) is 30.0 Å². The van der Waals surface area contributed by atoms with Crippen LogP contribution in [-0.2, 0) is 9.59 Å². The molecular weight excluding hydrogens is 474 g/mol. The van der Waals surface area contributed by atoms with E-state index in [2.05, 4.69) is 11.8 Å². The van der Waals surface area contributed by atoms with Crippen LogP contribution in [0.15, 0.2) is 48.0 Å². The number of ketones is 1. The predicted molar refractivity (Wildman–Crippen MR) is 141 cm³/mol. The summed E-state index contributed by atoms with van der Waals surface area (Å²) in [6.45, 7) is 10.9. The first-order chi connectivity index (χ1) is 17.7. The molecule has 3 rings (SSSR count). The van der Waals surface area contributed by atoms with Crippen molar-refractivity contribution in [1.82, 2.24) is 9.80 Å². The minimum atomic E-state index is -0.864. The van der Waals surface area contributed by atoms with Crippen molar-refractivity contribution >= 4 is 23.1 Å². The smallest absolute Gasteiger partial charge is 0.295 e. The molecule has 1 atom stereocenters.